The van der Waals surface area contributed by atoms with Crippen molar-refractivity contribution in [2.45, 2.75) is 56.1 Å². The molecule has 0 spiro atoms. The Morgan fingerprint density at radius 1 is 1.28 bits per heavy atom. The minimum absolute atomic E-state index is 0.291. The van der Waals surface area contributed by atoms with E-state index in [0.717, 1.165) is 24.0 Å². The number of halogens is 1. The molecule has 25 heavy (non-hydrogen) atoms. The lowest BCUT2D eigenvalue weighted by atomic mass is 10.1. The Hall–Kier alpha value is -1.45. The molecule has 0 radical (unpaired) electrons. The number of fused-ring (bicyclic) bond motifs is 1. The first-order chi connectivity index (χ1) is 12.1. The van der Waals surface area contributed by atoms with E-state index in [0.29, 0.717) is 17.0 Å². The second-order valence-corrected chi connectivity index (χ2v) is 7.07. The lowest BCUT2D eigenvalue weighted by molar-refractivity contribution is -0.0257. The molecule has 1 aliphatic heterocycles. The fraction of sp³-hybridized carbons (Fsp3) is 0.625. The average molecular weight is 369 g/mol. The number of anilines is 1. The minimum atomic E-state index is -1.20. The molecule has 2 aromatic rings. The SMILES string of the molecule is OC[C@H]1O[C@@H](c2ncc3c(NC4CCCC4)cc(Cl)nn23)[C@H](O)[C@@H]1O. The number of aliphatic hydroxyl groups excluding tert-OH is 3. The highest BCUT2D eigenvalue weighted by molar-refractivity contribution is 6.29. The van der Waals surface area contributed by atoms with Gasteiger partial charge in [0.25, 0.3) is 0 Å². The fourth-order valence-corrected chi connectivity index (χ4v) is 3.86. The van der Waals surface area contributed by atoms with Crippen LogP contribution in [0.2, 0.25) is 5.15 Å². The van der Waals surface area contributed by atoms with Gasteiger partial charge in [0, 0.05) is 12.1 Å². The van der Waals surface area contributed by atoms with Gasteiger partial charge in [-0.1, -0.05) is 24.4 Å². The number of hydrogen-bond donors (Lipinski definition) is 4. The van der Waals surface area contributed by atoms with Crippen LogP contribution < -0.4 is 5.32 Å². The Labute approximate surface area is 149 Å². The highest BCUT2D eigenvalue weighted by Crippen LogP contribution is 2.34. The van der Waals surface area contributed by atoms with Crippen molar-refractivity contribution in [2.24, 2.45) is 0 Å². The summed E-state index contributed by atoms with van der Waals surface area (Å²) in [4.78, 5) is 4.33. The van der Waals surface area contributed by atoms with Crippen LogP contribution in [0.15, 0.2) is 12.3 Å². The number of aliphatic hydroxyl groups is 3. The Balaban J connectivity index is 1.70. The van der Waals surface area contributed by atoms with Gasteiger partial charge in [0.15, 0.2) is 11.0 Å². The molecule has 2 aromatic heterocycles. The van der Waals surface area contributed by atoms with E-state index in [2.05, 4.69) is 15.4 Å². The van der Waals surface area contributed by atoms with Gasteiger partial charge in [-0.3, -0.25) is 0 Å². The van der Waals surface area contributed by atoms with Crippen molar-refractivity contribution in [1.82, 2.24) is 14.6 Å². The molecule has 2 fully saturated rings. The zero-order chi connectivity index (χ0) is 17.6. The molecule has 0 amide bonds. The molecule has 0 bridgehead atoms. The van der Waals surface area contributed by atoms with Gasteiger partial charge in [0.2, 0.25) is 0 Å². The van der Waals surface area contributed by atoms with Gasteiger partial charge in [-0.25, -0.2) is 9.50 Å². The van der Waals surface area contributed by atoms with Gasteiger partial charge in [-0.05, 0) is 12.8 Å². The van der Waals surface area contributed by atoms with E-state index in [1.807, 2.05) is 0 Å². The highest BCUT2D eigenvalue weighted by atomic mass is 35.5. The molecule has 4 N–H and O–H groups in total. The molecule has 4 rings (SSSR count). The number of rotatable bonds is 4. The number of ether oxygens (including phenoxy) is 1. The van der Waals surface area contributed by atoms with Gasteiger partial charge >= 0.3 is 0 Å². The van der Waals surface area contributed by atoms with Gasteiger partial charge in [0.1, 0.15) is 29.9 Å². The Bertz CT molecular complexity index is 764. The van der Waals surface area contributed by atoms with Crippen LogP contribution in [0, 0.1) is 0 Å². The van der Waals surface area contributed by atoms with Gasteiger partial charge in [0.05, 0.1) is 18.5 Å². The van der Waals surface area contributed by atoms with Crippen molar-refractivity contribution in [1.29, 1.82) is 0 Å². The predicted molar refractivity (Wildman–Crippen MR) is 90.6 cm³/mol. The maximum Gasteiger partial charge on any atom is 0.162 e. The van der Waals surface area contributed by atoms with E-state index in [9.17, 15) is 15.3 Å². The van der Waals surface area contributed by atoms with Crippen LogP contribution in [-0.2, 0) is 4.74 Å². The second kappa shape index (κ2) is 6.69. The summed E-state index contributed by atoms with van der Waals surface area (Å²) in [5, 5.41) is 37.5. The number of aromatic nitrogens is 3. The number of hydrogen-bond acceptors (Lipinski definition) is 7. The molecule has 1 saturated heterocycles. The first-order valence-electron chi connectivity index (χ1n) is 8.51. The third kappa shape index (κ3) is 2.98. The third-order valence-corrected chi connectivity index (χ3v) is 5.20. The lowest BCUT2D eigenvalue weighted by Crippen LogP contribution is -2.32. The molecule has 3 heterocycles. The minimum Gasteiger partial charge on any atom is -0.394 e. The van der Waals surface area contributed by atoms with Gasteiger partial charge in [-0.15, -0.1) is 0 Å². The number of nitrogens with zero attached hydrogens (tertiary/aromatic N) is 3. The van der Waals surface area contributed by atoms with E-state index in [4.69, 9.17) is 16.3 Å². The molecule has 4 atom stereocenters. The zero-order valence-electron chi connectivity index (χ0n) is 13.5. The van der Waals surface area contributed by atoms with Gasteiger partial charge in [-0.2, -0.15) is 5.10 Å². The molecule has 136 valence electrons. The van der Waals surface area contributed by atoms with Crippen molar-refractivity contribution < 1.29 is 20.1 Å². The quantitative estimate of drug-likeness (QED) is 0.634. The normalized spacial score (nSPS) is 30.4. The Morgan fingerprint density at radius 3 is 2.72 bits per heavy atom. The molecule has 2 aliphatic rings. The molecule has 0 aromatic carbocycles. The number of nitrogens with one attached hydrogen (secondary N) is 1. The van der Waals surface area contributed by atoms with Crippen molar-refractivity contribution in [2.75, 3.05) is 11.9 Å². The largest absolute Gasteiger partial charge is 0.394 e. The molecule has 0 unspecified atom stereocenters. The van der Waals surface area contributed by atoms with E-state index in [1.165, 1.54) is 17.4 Å². The fourth-order valence-electron chi connectivity index (χ4n) is 3.68. The number of imidazole rings is 1. The summed E-state index contributed by atoms with van der Waals surface area (Å²) >= 11 is 6.17. The molecule has 1 saturated carbocycles. The predicted octanol–water partition coefficient (Wildman–Crippen LogP) is 0.891. The standard InChI is InChI=1S/C16H21ClN4O4/c17-12-5-9(19-8-3-1-2-4-8)10-6-18-16(21(10)20-12)15-14(24)13(23)11(7-22)25-15/h5-6,8,11,13-15,19,22-24H,1-4,7H2/t11-,13-,14-,15-/m1/s1. The Morgan fingerprint density at radius 2 is 2.04 bits per heavy atom. The van der Waals surface area contributed by atoms with Crippen LogP contribution in [0.3, 0.4) is 0 Å². The molecular formula is C16H21ClN4O4. The Kier molecular flexibility index (Phi) is 4.55. The molecular weight excluding hydrogens is 348 g/mol. The first kappa shape index (κ1) is 17.0. The van der Waals surface area contributed by atoms with Crippen LogP contribution in [0.4, 0.5) is 5.69 Å². The van der Waals surface area contributed by atoms with Gasteiger partial charge < -0.3 is 25.4 Å². The van der Waals surface area contributed by atoms with E-state index in [-0.39, 0.29) is 6.61 Å². The van der Waals surface area contributed by atoms with Crippen LogP contribution >= 0.6 is 11.6 Å². The van der Waals surface area contributed by atoms with E-state index < -0.39 is 24.4 Å². The topological polar surface area (TPSA) is 112 Å². The second-order valence-electron chi connectivity index (χ2n) is 6.68. The molecule has 8 nitrogen and oxygen atoms in total. The monoisotopic (exact) mass is 368 g/mol. The maximum absolute atomic E-state index is 10.2. The van der Waals surface area contributed by atoms with E-state index >= 15 is 0 Å². The van der Waals surface area contributed by atoms with Crippen molar-refractivity contribution >= 4 is 22.8 Å². The summed E-state index contributed by atoms with van der Waals surface area (Å²) in [7, 11) is 0. The summed E-state index contributed by atoms with van der Waals surface area (Å²) in [6.45, 7) is -0.388. The third-order valence-electron chi connectivity index (χ3n) is 5.01. The highest BCUT2D eigenvalue weighted by Gasteiger charge is 2.45. The van der Waals surface area contributed by atoms with Crippen molar-refractivity contribution in [3.63, 3.8) is 0 Å². The summed E-state index contributed by atoms with van der Waals surface area (Å²) in [5.41, 5.74) is 1.56. The van der Waals surface area contributed by atoms with Crippen molar-refractivity contribution in [3.8, 4) is 0 Å². The lowest BCUT2D eigenvalue weighted by Gasteiger charge is -2.16. The molecule has 1 aliphatic carbocycles. The first-order valence-corrected chi connectivity index (χ1v) is 8.89. The van der Waals surface area contributed by atoms with E-state index in [1.54, 1.807) is 12.3 Å². The maximum atomic E-state index is 10.2. The van der Waals surface area contributed by atoms with Crippen LogP contribution in [0.5, 0.6) is 0 Å². The summed E-state index contributed by atoms with van der Waals surface area (Å²) in [5.74, 6) is 0.342. The van der Waals surface area contributed by atoms with Crippen LogP contribution in [0.25, 0.3) is 5.52 Å². The average Bonchev–Trinajstić information content (AvgIpc) is 3.29. The van der Waals surface area contributed by atoms with Crippen LogP contribution in [0.1, 0.15) is 37.6 Å². The summed E-state index contributed by atoms with van der Waals surface area (Å²) < 4.78 is 7.09. The summed E-state index contributed by atoms with van der Waals surface area (Å²) in [6.07, 6.45) is 2.16. The zero-order valence-corrected chi connectivity index (χ0v) is 14.3. The van der Waals surface area contributed by atoms with Crippen LogP contribution in [-0.4, -0.2) is 60.9 Å². The van der Waals surface area contributed by atoms with Crippen molar-refractivity contribution in [3.05, 3.63) is 23.2 Å². The summed E-state index contributed by atoms with van der Waals surface area (Å²) in [6, 6.07) is 2.16. The molecule has 9 heteroatoms. The smallest absolute Gasteiger partial charge is 0.162 e.